The molecule has 0 saturated carbocycles. The van der Waals surface area contributed by atoms with E-state index in [1.807, 2.05) is 104 Å². The van der Waals surface area contributed by atoms with Gasteiger partial charge in [0.1, 0.15) is 0 Å². The second kappa shape index (κ2) is 8.81. The summed E-state index contributed by atoms with van der Waals surface area (Å²) < 4.78 is 0. The number of amides is 1. The van der Waals surface area contributed by atoms with Gasteiger partial charge < -0.3 is 4.90 Å². The Hall–Kier alpha value is -3.40. The van der Waals surface area contributed by atoms with Crippen LogP contribution in [0.5, 0.6) is 0 Å². The van der Waals surface area contributed by atoms with E-state index in [1.165, 1.54) is 0 Å². The van der Waals surface area contributed by atoms with Gasteiger partial charge in [0.2, 0.25) is 0 Å². The summed E-state index contributed by atoms with van der Waals surface area (Å²) in [5.41, 5.74) is 6.60. The maximum Gasteiger partial charge on any atom is 0.252 e. The molecule has 0 unspecified atom stereocenters. The summed E-state index contributed by atoms with van der Waals surface area (Å²) in [6.07, 6.45) is 1.66. The highest BCUT2D eigenvalue weighted by Gasteiger charge is 2.22. The van der Waals surface area contributed by atoms with Gasteiger partial charge in [-0.25, -0.2) is 5.43 Å². The largest absolute Gasteiger partial charge is 0.378 e. The summed E-state index contributed by atoms with van der Waals surface area (Å²) in [6.45, 7) is 0. The molecule has 4 nitrogen and oxygen atoms in total. The molecular weight excluding hydrogens is 334 g/mol. The predicted molar refractivity (Wildman–Crippen MR) is 111 cm³/mol. The van der Waals surface area contributed by atoms with E-state index in [9.17, 15) is 4.79 Å². The number of nitrogens with zero attached hydrogens (tertiary/aromatic N) is 2. The van der Waals surface area contributed by atoms with Crippen LogP contribution in [0.4, 0.5) is 5.69 Å². The second-order valence-corrected chi connectivity index (χ2v) is 6.47. The van der Waals surface area contributed by atoms with Gasteiger partial charge in [-0.15, -0.1) is 0 Å². The zero-order chi connectivity index (χ0) is 19.1. The van der Waals surface area contributed by atoms with Crippen molar-refractivity contribution in [3.05, 3.63) is 102 Å². The van der Waals surface area contributed by atoms with Crippen molar-refractivity contribution in [1.82, 2.24) is 5.43 Å². The van der Waals surface area contributed by atoms with E-state index < -0.39 is 5.92 Å². The Morgan fingerprint density at radius 2 is 1.37 bits per heavy atom. The second-order valence-electron chi connectivity index (χ2n) is 6.47. The van der Waals surface area contributed by atoms with Crippen LogP contribution in [-0.4, -0.2) is 26.2 Å². The average Bonchev–Trinajstić information content (AvgIpc) is 2.70. The van der Waals surface area contributed by atoms with Crippen molar-refractivity contribution in [3.8, 4) is 0 Å². The third-order valence-electron chi connectivity index (χ3n) is 4.33. The molecule has 0 bridgehead atoms. The van der Waals surface area contributed by atoms with Gasteiger partial charge in [-0.2, -0.15) is 5.10 Å². The van der Waals surface area contributed by atoms with Crippen molar-refractivity contribution in [2.24, 2.45) is 5.10 Å². The molecule has 136 valence electrons. The Morgan fingerprint density at radius 1 is 0.852 bits per heavy atom. The highest BCUT2D eigenvalue weighted by molar-refractivity contribution is 5.88. The monoisotopic (exact) mass is 357 g/mol. The van der Waals surface area contributed by atoms with Crippen LogP contribution >= 0.6 is 0 Å². The lowest BCUT2D eigenvalue weighted by molar-refractivity contribution is -0.121. The van der Waals surface area contributed by atoms with E-state index in [4.69, 9.17) is 0 Å². The van der Waals surface area contributed by atoms with Crippen molar-refractivity contribution >= 4 is 17.8 Å². The van der Waals surface area contributed by atoms with E-state index >= 15 is 0 Å². The Kier molecular flexibility index (Phi) is 6.00. The minimum atomic E-state index is -0.402. The summed E-state index contributed by atoms with van der Waals surface area (Å²) in [6, 6.07) is 27.4. The van der Waals surface area contributed by atoms with Crippen LogP contribution in [0.15, 0.2) is 90.0 Å². The van der Waals surface area contributed by atoms with Crippen molar-refractivity contribution in [2.45, 2.75) is 5.92 Å². The van der Waals surface area contributed by atoms with Crippen LogP contribution in [0, 0.1) is 0 Å². The average molecular weight is 357 g/mol. The molecule has 0 spiro atoms. The molecule has 0 atom stereocenters. The van der Waals surface area contributed by atoms with E-state index in [-0.39, 0.29) is 5.91 Å². The summed E-state index contributed by atoms with van der Waals surface area (Å²) in [4.78, 5) is 14.9. The molecule has 3 aromatic carbocycles. The number of benzene rings is 3. The van der Waals surface area contributed by atoms with Gasteiger partial charge in [-0.1, -0.05) is 72.8 Å². The van der Waals surface area contributed by atoms with Crippen LogP contribution in [0.2, 0.25) is 0 Å². The highest BCUT2D eigenvalue weighted by Crippen LogP contribution is 2.24. The number of nitrogens with one attached hydrogen (secondary N) is 1. The Bertz CT molecular complexity index is 848. The predicted octanol–water partition coefficient (Wildman–Crippen LogP) is 4.03. The maximum atomic E-state index is 12.8. The van der Waals surface area contributed by atoms with Gasteiger partial charge in [-0.05, 0) is 28.8 Å². The smallest absolute Gasteiger partial charge is 0.252 e. The van der Waals surface area contributed by atoms with Gasteiger partial charge in [-0.3, -0.25) is 4.79 Å². The number of hydrogen-bond acceptors (Lipinski definition) is 3. The quantitative estimate of drug-likeness (QED) is 0.535. The lowest BCUT2D eigenvalue weighted by atomic mass is 9.91. The number of hydrazone groups is 1. The highest BCUT2D eigenvalue weighted by atomic mass is 16.2. The van der Waals surface area contributed by atoms with E-state index in [0.717, 1.165) is 22.4 Å². The van der Waals surface area contributed by atoms with Gasteiger partial charge in [0.25, 0.3) is 5.91 Å². The van der Waals surface area contributed by atoms with E-state index in [0.29, 0.717) is 0 Å². The standard InChI is InChI=1S/C23H23N3O/c1-26(2)21-15-13-18(14-16-21)17-24-25-23(27)22(19-9-5-3-6-10-19)20-11-7-4-8-12-20/h3-17,22H,1-2H3,(H,25,27)/b24-17+. The molecule has 0 fully saturated rings. The van der Waals surface area contributed by atoms with Gasteiger partial charge in [0.15, 0.2) is 0 Å². The molecule has 0 aliphatic rings. The van der Waals surface area contributed by atoms with Crippen LogP contribution in [0.3, 0.4) is 0 Å². The third kappa shape index (κ3) is 4.82. The molecule has 3 rings (SSSR count). The fourth-order valence-electron chi connectivity index (χ4n) is 2.88. The number of anilines is 1. The lowest BCUT2D eigenvalue weighted by Gasteiger charge is -2.16. The molecule has 0 heterocycles. The summed E-state index contributed by atoms with van der Waals surface area (Å²) in [5.74, 6) is -0.561. The maximum absolute atomic E-state index is 12.8. The van der Waals surface area contributed by atoms with Gasteiger partial charge in [0, 0.05) is 19.8 Å². The Morgan fingerprint density at radius 3 is 1.85 bits per heavy atom. The molecule has 4 heteroatoms. The lowest BCUT2D eigenvalue weighted by Crippen LogP contribution is -2.26. The molecule has 0 radical (unpaired) electrons. The summed E-state index contributed by atoms with van der Waals surface area (Å²) in [5, 5.41) is 4.15. The van der Waals surface area contributed by atoms with E-state index in [1.54, 1.807) is 6.21 Å². The fourth-order valence-corrected chi connectivity index (χ4v) is 2.88. The van der Waals surface area contributed by atoms with Crippen LogP contribution < -0.4 is 10.3 Å². The van der Waals surface area contributed by atoms with E-state index in [2.05, 4.69) is 10.5 Å². The van der Waals surface area contributed by atoms with Crippen LogP contribution in [0.1, 0.15) is 22.6 Å². The molecule has 0 aliphatic carbocycles. The van der Waals surface area contributed by atoms with Crippen LogP contribution in [0.25, 0.3) is 0 Å². The number of carbonyl (C=O) groups excluding carboxylic acids is 1. The first-order valence-electron chi connectivity index (χ1n) is 8.85. The zero-order valence-corrected chi connectivity index (χ0v) is 15.5. The number of rotatable bonds is 6. The molecule has 0 saturated heterocycles. The minimum Gasteiger partial charge on any atom is -0.378 e. The summed E-state index contributed by atoms with van der Waals surface area (Å²) >= 11 is 0. The normalized spacial score (nSPS) is 10.9. The molecule has 27 heavy (non-hydrogen) atoms. The first-order valence-corrected chi connectivity index (χ1v) is 8.85. The number of carbonyl (C=O) groups is 1. The molecule has 3 aromatic rings. The Labute approximate surface area is 160 Å². The molecule has 1 N–H and O–H groups in total. The SMILES string of the molecule is CN(C)c1ccc(/C=N/NC(=O)C(c2ccccc2)c2ccccc2)cc1. The summed E-state index contributed by atoms with van der Waals surface area (Å²) in [7, 11) is 3.99. The van der Waals surface area contributed by atoms with Crippen LogP contribution in [-0.2, 0) is 4.79 Å². The van der Waals surface area contributed by atoms with Crippen molar-refractivity contribution in [1.29, 1.82) is 0 Å². The number of hydrogen-bond donors (Lipinski definition) is 1. The molecule has 1 amide bonds. The minimum absolute atomic E-state index is 0.159. The molecule has 0 aromatic heterocycles. The Balaban J connectivity index is 1.75. The van der Waals surface area contributed by atoms with Crippen molar-refractivity contribution in [3.63, 3.8) is 0 Å². The first kappa shape index (κ1) is 18.4. The topological polar surface area (TPSA) is 44.7 Å². The molecular formula is C23H23N3O. The fraction of sp³-hybridized carbons (Fsp3) is 0.130. The van der Waals surface area contributed by atoms with Gasteiger partial charge >= 0.3 is 0 Å². The van der Waals surface area contributed by atoms with Gasteiger partial charge in [0.05, 0.1) is 12.1 Å². The zero-order valence-electron chi connectivity index (χ0n) is 15.5. The first-order chi connectivity index (χ1) is 13.1. The van der Waals surface area contributed by atoms with Crippen molar-refractivity contribution < 1.29 is 4.79 Å². The molecule has 0 aliphatic heterocycles. The third-order valence-corrected chi connectivity index (χ3v) is 4.33. The van der Waals surface area contributed by atoms with Crippen molar-refractivity contribution in [2.75, 3.05) is 19.0 Å².